The van der Waals surface area contributed by atoms with Gasteiger partial charge in [0.2, 0.25) is 0 Å². The van der Waals surface area contributed by atoms with Crippen LogP contribution in [0.25, 0.3) is 11.3 Å². The monoisotopic (exact) mass is 257 g/mol. The summed E-state index contributed by atoms with van der Waals surface area (Å²) in [5, 5.41) is 0. The summed E-state index contributed by atoms with van der Waals surface area (Å²) in [5.41, 5.74) is 1.41. The van der Waals surface area contributed by atoms with Crippen LogP contribution < -0.4 is 5.56 Å². The molecule has 0 spiro atoms. The molecule has 19 heavy (non-hydrogen) atoms. The zero-order chi connectivity index (χ0) is 13.4. The van der Waals surface area contributed by atoms with Crippen molar-refractivity contribution in [2.45, 2.75) is 18.9 Å². The highest BCUT2D eigenvalue weighted by atomic mass is 19.1. The van der Waals surface area contributed by atoms with Crippen molar-refractivity contribution in [1.82, 2.24) is 4.57 Å². The first-order valence-corrected chi connectivity index (χ1v) is 6.17. The van der Waals surface area contributed by atoms with E-state index in [-0.39, 0.29) is 23.0 Å². The van der Waals surface area contributed by atoms with Crippen LogP contribution >= 0.6 is 0 Å². The summed E-state index contributed by atoms with van der Waals surface area (Å²) in [4.78, 5) is 23.1. The van der Waals surface area contributed by atoms with Crippen LogP contribution in [0, 0.1) is 5.82 Å². The smallest absolute Gasteiger partial charge is 0.261 e. The predicted molar refractivity (Wildman–Crippen MR) is 69.8 cm³/mol. The average Bonchev–Trinajstić information content (AvgIpc) is 3.23. The molecule has 0 N–H and O–H groups in total. The van der Waals surface area contributed by atoms with E-state index in [4.69, 9.17) is 0 Å². The van der Waals surface area contributed by atoms with E-state index in [0.29, 0.717) is 6.29 Å². The van der Waals surface area contributed by atoms with Gasteiger partial charge in [-0.25, -0.2) is 4.39 Å². The number of nitrogens with zero attached hydrogens (tertiary/aromatic N) is 1. The van der Waals surface area contributed by atoms with Gasteiger partial charge in [-0.15, -0.1) is 0 Å². The first-order chi connectivity index (χ1) is 9.20. The third-order valence-electron chi connectivity index (χ3n) is 3.33. The molecular weight excluding hydrogens is 245 g/mol. The van der Waals surface area contributed by atoms with Crippen molar-refractivity contribution in [3.63, 3.8) is 0 Å². The van der Waals surface area contributed by atoms with Gasteiger partial charge < -0.3 is 4.57 Å². The number of aromatic nitrogens is 1. The molecule has 1 aliphatic rings. The van der Waals surface area contributed by atoms with Crippen molar-refractivity contribution in [2.75, 3.05) is 0 Å². The fraction of sp³-hybridized carbons (Fsp3) is 0.200. The van der Waals surface area contributed by atoms with Crippen molar-refractivity contribution in [3.05, 3.63) is 58.1 Å². The fourth-order valence-electron chi connectivity index (χ4n) is 2.21. The minimum atomic E-state index is -0.311. The highest BCUT2D eigenvalue weighted by Crippen LogP contribution is 2.37. The van der Waals surface area contributed by atoms with Gasteiger partial charge in [-0.2, -0.15) is 0 Å². The largest absolute Gasteiger partial charge is 0.305 e. The van der Waals surface area contributed by atoms with Gasteiger partial charge in [-0.3, -0.25) is 9.59 Å². The summed E-state index contributed by atoms with van der Waals surface area (Å²) in [6.45, 7) is 0. The molecule has 1 aliphatic carbocycles. The van der Waals surface area contributed by atoms with Crippen LogP contribution in [0.5, 0.6) is 0 Å². The topological polar surface area (TPSA) is 39.1 Å². The van der Waals surface area contributed by atoms with Gasteiger partial charge >= 0.3 is 0 Å². The van der Waals surface area contributed by atoms with Gasteiger partial charge in [0, 0.05) is 6.04 Å². The van der Waals surface area contributed by atoms with Gasteiger partial charge in [0.25, 0.3) is 5.56 Å². The molecule has 1 aromatic heterocycles. The third-order valence-corrected chi connectivity index (χ3v) is 3.33. The van der Waals surface area contributed by atoms with E-state index in [2.05, 4.69) is 0 Å². The average molecular weight is 257 g/mol. The second kappa shape index (κ2) is 4.46. The molecule has 0 radical (unpaired) electrons. The molecule has 2 aromatic rings. The number of benzene rings is 1. The quantitative estimate of drug-likeness (QED) is 0.793. The maximum absolute atomic E-state index is 13.0. The Labute approximate surface area is 109 Å². The van der Waals surface area contributed by atoms with Gasteiger partial charge in [0.1, 0.15) is 5.82 Å². The molecular formula is C15H12FNO2. The van der Waals surface area contributed by atoms with Crippen molar-refractivity contribution in [3.8, 4) is 11.3 Å². The minimum absolute atomic E-state index is 0.160. The van der Waals surface area contributed by atoms with E-state index < -0.39 is 0 Å². The Bertz CT molecular complexity index is 684. The minimum Gasteiger partial charge on any atom is -0.305 e. The number of rotatable bonds is 3. The van der Waals surface area contributed by atoms with Gasteiger partial charge in [-0.1, -0.05) is 0 Å². The molecule has 1 aromatic carbocycles. The Morgan fingerprint density at radius 2 is 1.79 bits per heavy atom. The Morgan fingerprint density at radius 1 is 1.11 bits per heavy atom. The van der Waals surface area contributed by atoms with Crippen molar-refractivity contribution >= 4 is 6.29 Å². The van der Waals surface area contributed by atoms with Crippen molar-refractivity contribution < 1.29 is 9.18 Å². The van der Waals surface area contributed by atoms with E-state index in [1.807, 2.05) is 0 Å². The molecule has 3 nitrogen and oxygen atoms in total. The fourth-order valence-corrected chi connectivity index (χ4v) is 2.21. The summed E-state index contributed by atoms with van der Waals surface area (Å²) < 4.78 is 14.6. The number of halogens is 1. The third kappa shape index (κ3) is 2.10. The van der Waals surface area contributed by atoms with Crippen LogP contribution in [0.1, 0.15) is 29.2 Å². The van der Waals surface area contributed by atoms with E-state index in [1.165, 1.54) is 18.2 Å². The molecule has 0 amide bonds. The highest BCUT2D eigenvalue weighted by Gasteiger charge is 2.27. The molecule has 0 saturated heterocycles. The number of aldehydes is 1. The predicted octanol–water partition coefficient (Wildman–Crippen LogP) is 2.80. The van der Waals surface area contributed by atoms with Crippen LogP contribution in [-0.2, 0) is 0 Å². The number of pyridine rings is 1. The van der Waals surface area contributed by atoms with E-state index in [0.717, 1.165) is 24.1 Å². The highest BCUT2D eigenvalue weighted by molar-refractivity contribution is 5.75. The summed E-state index contributed by atoms with van der Waals surface area (Å²) in [5.74, 6) is -0.311. The normalized spacial score (nSPS) is 14.4. The molecule has 4 heteroatoms. The second-order valence-corrected chi connectivity index (χ2v) is 4.70. The van der Waals surface area contributed by atoms with Crippen LogP contribution in [0.3, 0.4) is 0 Å². The standard InChI is InChI=1S/C15H12FNO2/c16-12-4-1-10(2-5-12)14-8-3-11(9-18)15(19)17(14)13-6-7-13/h1-5,8-9,13H,6-7H2. The molecule has 1 heterocycles. The molecule has 96 valence electrons. The lowest BCUT2D eigenvalue weighted by Gasteiger charge is -2.12. The number of carbonyl (C=O) groups is 1. The number of hydrogen-bond acceptors (Lipinski definition) is 2. The lowest BCUT2D eigenvalue weighted by molar-refractivity contribution is 0.112. The summed E-state index contributed by atoms with van der Waals surface area (Å²) in [6, 6.07) is 9.44. The van der Waals surface area contributed by atoms with Crippen LogP contribution in [0.15, 0.2) is 41.2 Å². The molecule has 1 fully saturated rings. The zero-order valence-corrected chi connectivity index (χ0v) is 10.2. The van der Waals surface area contributed by atoms with Crippen molar-refractivity contribution in [2.24, 2.45) is 0 Å². The van der Waals surface area contributed by atoms with E-state index in [1.54, 1.807) is 22.8 Å². The van der Waals surface area contributed by atoms with Crippen molar-refractivity contribution in [1.29, 1.82) is 0 Å². The SMILES string of the molecule is O=Cc1ccc(-c2ccc(F)cc2)n(C2CC2)c1=O. The van der Waals surface area contributed by atoms with Gasteiger partial charge in [0.15, 0.2) is 6.29 Å². The molecule has 0 unspecified atom stereocenters. The van der Waals surface area contributed by atoms with Crippen LogP contribution in [0.2, 0.25) is 0 Å². The summed E-state index contributed by atoms with van der Waals surface area (Å²) in [6.07, 6.45) is 2.46. The molecule has 3 rings (SSSR count). The Kier molecular flexibility index (Phi) is 2.78. The Balaban J connectivity index is 2.20. The van der Waals surface area contributed by atoms with Crippen LogP contribution in [-0.4, -0.2) is 10.9 Å². The number of hydrogen-bond donors (Lipinski definition) is 0. The maximum Gasteiger partial charge on any atom is 0.261 e. The Hall–Kier alpha value is -2.23. The molecule has 1 saturated carbocycles. The molecule has 0 atom stereocenters. The second-order valence-electron chi connectivity index (χ2n) is 4.70. The molecule has 0 aliphatic heterocycles. The van der Waals surface area contributed by atoms with E-state index in [9.17, 15) is 14.0 Å². The van der Waals surface area contributed by atoms with Gasteiger partial charge in [0.05, 0.1) is 11.3 Å². The summed E-state index contributed by atoms with van der Waals surface area (Å²) in [7, 11) is 0. The first kappa shape index (κ1) is 11.8. The molecule has 0 bridgehead atoms. The van der Waals surface area contributed by atoms with E-state index >= 15 is 0 Å². The lowest BCUT2D eigenvalue weighted by Crippen LogP contribution is -2.24. The number of carbonyl (C=O) groups excluding carboxylic acids is 1. The maximum atomic E-state index is 13.0. The lowest BCUT2D eigenvalue weighted by atomic mass is 10.1. The zero-order valence-electron chi connectivity index (χ0n) is 10.2. The first-order valence-electron chi connectivity index (χ1n) is 6.17. The van der Waals surface area contributed by atoms with Crippen LogP contribution in [0.4, 0.5) is 4.39 Å². The van der Waals surface area contributed by atoms with Gasteiger partial charge in [-0.05, 0) is 54.8 Å². The summed E-state index contributed by atoms with van der Waals surface area (Å²) >= 11 is 0. The Morgan fingerprint density at radius 3 is 2.37 bits per heavy atom.